The Balaban J connectivity index is 1.51. The summed E-state index contributed by atoms with van der Waals surface area (Å²) in [6.45, 7) is 5.78. The summed E-state index contributed by atoms with van der Waals surface area (Å²) in [4.78, 5) is 4.46. The van der Waals surface area contributed by atoms with Crippen LogP contribution >= 0.6 is 0 Å². The molecule has 0 atom stereocenters. The molecule has 24 heavy (non-hydrogen) atoms. The van der Waals surface area contributed by atoms with Crippen molar-refractivity contribution in [2.24, 2.45) is 0 Å². The van der Waals surface area contributed by atoms with E-state index in [-0.39, 0.29) is 0 Å². The van der Waals surface area contributed by atoms with Gasteiger partial charge in [0.05, 0.1) is 11.9 Å². The van der Waals surface area contributed by atoms with Gasteiger partial charge in [-0.15, -0.1) is 0 Å². The van der Waals surface area contributed by atoms with Gasteiger partial charge in [0.2, 0.25) is 0 Å². The summed E-state index contributed by atoms with van der Waals surface area (Å²) in [6.07, 6.45) is 1.87. The van der Waals surface area contributed by atoms with Crippen LogP contribution in [0.1, 0.15) is 22.3 Å². The molecule has 0 aliphatic carbocycles. The Morgan fingerprint density at radius 2 is 1.21 bits per heavy atom. The van der Waals surface area contributed by atoms with Crippen LogP contribution in [0, 0.1) is 13.8 Å². The zero-order valence-corrected chi connectivity index (χ0v) is 14.2. The maximum atomic E-state index is 4.46. The van der Waals surface area contributed by atoms with Gasteiger partial charge in [-0.3, -0.25) is 0 Å². The van der Waals surface area contributed by atoms with Crippen molar-refractivity contribution in [3.8, 4) is 0 Å². The lowest BCUT2D eigenvalue weighted by molar-refractivity contribution is 1.10. The lowest BCUT2D eigenvalue weighted by atomic mass is 10.1. The molecule has 1 heterocycles. The number of nitrogens with zero attached hydrogens (tertiary/aromatic N) is 1. The Bertz CT molecular complexity index is 691. The molecule has 3 nitrogen and oxygen atoms in total. The monoisotopic (exact) mass is 317 g/mol. The Hall–Kier alpha value is -2.81. The van der Waals surface area contributed by atoms with Crippen LogP contribution in [0.4, 0.5) is 11.5 Å². The van der Waals surface area contributed by atoms with Crippen LogP contribution in [-0.4, -0.2) is 4.98 Å². The largest absolute Gasteiger partial charge is 0.380 e. The topological polar surface area (TPSA) is 37.0 Å². The van der Waals surface area contributed by atoms with E-state index in [9.17, 15) is 0 Å². The molecule has 0 saturated heterocycles. The number of benzene rings is 2. The van der Waals surface area contributed by atoms with E-state index in [0.29, 0.717) is 0 Å². The van der Waals surface area contributed by atoms with Gasteiger partial charge < -0.3 is 10.6 Å². The van der Waals surface area contributed by atoms with Gasteiger partial charge in [0, 0.05) is 13.1 Å². The Kier molecular flexibility index (Phi) is 5.12. The van der Waals surface area contributed by atoms with E-state index in [2.05, 4.69) is 84.1 Å². The predicted octanol–water partition coefficient (Wildman–Crippen LogP) is 4.92. The molecule has 0 radical (unpaired) electrons. The third kappa shape index (κ3) is 4.59. The number of anilines is 2. The standard InChI is InChI=1S/C21H23N3/c1-16-3-7-18(8-4-16)13-22-20-11-12-21(24-15-20)23-14-19-9-5-17(2)6-10-19/h3-12,15,22H,13-14H2,1-2H3,(H,23,24). The summed E-state index contributed by atoms with van der Waals surface area (Å²) >= 11 is 0. The summed E-state index contributed by atoms with van der Waals surface area (Å²) in [7, 11) is 0. The van der Waals surface area contributed by atoms with Gasteiger partial charge in [0.15, 0.2) is 0 Å². The molecule has 3 aromatic rings. The van der Waals surface area contributed by atoms with Crippen molar-refractivity contribution in [3.63, 3.8) is 0 Å². The van der Waals surface area contributed by atoms with Crippen molar-refractivity contribution in [3.05, 3.63) is 89.1 Å². The third-order valence-electron chi connectivity index (χ3n) is 3.97. The molecule has 0 amide bonds. The van der Waals surface area contributed by atoms with Gasteiger partial charge >= 0.3 is 0 Å². The predicted molar refractivity (Wildman–Crippen MR) is 101 cm³/mol. The van der Waals surface area contributed by atoms with Gasteiger partial charge in [-0.2, -0.15) is 0 Å². The summed E-state index contributed by atoms with van der Waals surface area (Å²) in [6, 6.07) is 21.1. The molecule has 1 aromatic heterocycles. The molecular weight excluding hydrogens is 294 g/mol. The number of pyridine rings is 1. The third-order valence-corrected chi connectivity index (χ3v) is 3.97. The summed E-state index contributed by atoms with van der Waals surface area (Å²) in [5.74, 6) is 0.886. The summed E-state index contributed by atoms with van der Waals surface area (Å²) in [5, 5.41) is 6.75. The van der Waals surface area contributed by atoms with E-state index < -0.39 is 0 Å². The summed E-state index contributed by atoms with van der Waals surface area (Å²) < 4.78 is 0. The fourth-order valence-corrected chi connectivity index (χ4v) is 2.41. The molecule has 0 unspecified atom stereocenters. The Morgan fingerprint density at radius 3 is 1.71 bits per heavy atom. The van der Waals surface area contributed by atoms with Crippen LogP contribution in [0.3, 0.4) is 0 Å². The second-order valence-corrected chi connectivity index (χ2v) is 6.11. The molecular formula is C21H23N3. The van der Waals surface area contributed by atoms with Gasteiger partial charge in [-0.1, -0.05) is 59.7 Å². The lowest BCUT2D eigenvalue weighted by Gasteiger charge is -2.09. The molecule has 2 N–H and O–H groups in total. The van der Waals surface area contributed by atoms with E-state index >= 15 is 0 Å². The zero-order valence-electron chi connectivity index (χ0n) is 14.2. The summed E-state index contributed by atoms with van der Waals surface area (Å²) in [5.41, 5.74) is 6.10. The van der Waals surface area contributed by atoms with E-state index in [1.54, 1.807) is 0 Å². The zero-order chi connectivity index (χ0) is 16.8. The number of nitrogens with one attached hydrogen (secondary N) is 2. The Labute approximate surface area is 143 Å². The van der Waals surface area contributed by atoms with Gasteiger partial charge in [-0.05, 0) is 37.1 Å². The fraction of sp³-hybridized carbons (Fsp3) is 0.190. The van der Waals surface area contributed by atoms with Crippen molar-refractivity contribution < 1.29 is 0 Å². The highest BCUT2D eigenvalue weighted by Gasteiger charge is 1.98. The number of hydrogen-bond acceptors (Lipinski definition) is 3. The number of aryl methyl sites for hydroxylation is 2. The van der Waals surface area contributed by atoms with Gasteiger partial charge in [0.25, 0.3) is 0 Å². The molecule has 0 bridgehead atoms. The van der Waals surface area contributed by atoms with Crippen molar-refractivity contribution in [1.29, 1.82) is 0 Å². The maximum absolute atomic E-state index is 4.46. The lowest BCUT2D eigenvalue weighted by Crippen LogP contribution is -2.03. The maximum Gasteiger partial charge on any atom is 0.126 e. The first-order valence-electron chi connectivity index (χ1n) is 8.24. The highest BCUT2D eigenvalue weighted by molar-refractivity contribution is 5.48. The molecule has 3 rings (SSSR count). The van der Waals surface area contributed by atoms with Crippen LogP contribution in [0.5, 0.6) is 0 Å². The quantitative estimate of drug-likeness (QED) is 0.677. The average Bonchev–Trinajstić information content (AvgIpc) is 2.62. The first kappa shape index (κ1) is 16.1. The van der Waals surface area contributed by atoms with E-state index in [0.717, 1.165) is 24.6 Å². The highest BCUT2D eigenvalue weighted by atomic mass is 15.0. The number of hydrogen-bond donors (Lipinski definition) is 2. The first-order chi connectivity index (χ1) is 11.7. The van der Waals surface area contributed by atoms with Crippen molar-refractivity contribution in [2.45, 2.75) is 26.9 Å². The van der Waals surface area contributed by atoms with Gasteiger partial charge in [0.1, 0.15) is 5.82 Å². The normalized spacial score (nSPS) is 10.4. The van der Waals surface area contributed by atoms with E-state index in [1.165, 1.54) is 22.3 Å². The minimum atomic E-state index is 0.781. The number of rotatable bonds is 6. The SMILES string of the molecule is Cc1ccc(CNc2ccc(NCc3ccc(C)cc3)nc2)cc1. The molecule has 0 aliphatic heterocycles. The molecule has 122 valence electrons. The number of aromatic nitrogens is 1. The average molecular weight is 317 g/mol. The molecule has 3 heteroatoms. The second-order valence-electron chi connectivity index (χ2n) is 6.11. The van der Waals surface area contributed by atoms with Crippen molar-refractivity contribution in [2.75, 3.05) is 10.6 Å². The van der Waals surface area contributed by atoms with Crippen LogP contribution in [0.25, 0.3) is 0 Å². The molecule has 0 aliphatic rings. The van der Waals surface area contributed by atoms with Crippen molar-refractivity contribution >= 4 is 11.5 Å². The van der Waals surface area contributed by atoms with E-state index in [4.69, 9.17) is 0 Å². The van der Waals surface area contributed by atoms with Crippen LogP contribution in [0.15, 0.2) is 66.9 Å². The second kappa shape index (κ2) is 7.64. The van der Waals surface area contributed by atoms with Crippen LogP contribution in [0.2, 0.25) is 0 Å². The molecule has 0 fully saturated rings. The first-order valence-corrected chi connectivity index (χ1v) is 8.24. The highest BCUT2D eigenvalue weighted by Crippen LogP contribution is 2.13. The fourth-order valence-electron chi connectivity index (χ4n) is 2.41. The smallest absolute Gasteiger partial charge is 0.126 e. The van der Waals surface area contributed by atoms with Crippen LogP contribution < -0.4 is 10.6 Å². The minimum Gasteiger partial charge on any atom is -0.380 e. The van der Waals surface area contributed by atoms with Gasteiger partial charge in [-0.25, -0.2) is 4.98 Å². The van der Waals surface area contributed by atoms with E-state index in [1.807, 2.05) is 12.3 Å². The van der Waals surface area contributed by atoms with Crippen molar-refractivity contribution in [1.82, 2.24) is 4.98 Å². The Morgan fingerprint density at radius 1 is 0.667 bits per heavy atom. The molecule has 0 saturated carbocycles. The van der Waals surface area contributed by atoms with Crippen LogP contribution in [-0.2, 0) is 13.1 Å². The molecule has 0 spiro atoms. The molecule has 2 aromatic carbocycles. The minimum absolute atomic E-state index is 0.781.